The van der Waals surface area contributed by atoms with Crippen LogP contribution in [-0.2, 0) is 41.5 Å². The van der Waals surface area contributed by atoms with Gasteiger partial charge >= 0.3 is 63.8 Å². The Bertz CT molecular complexity index is 1480. The molecule has 0 radical (unpaired) electrons. The average molecular weight is 671 g/mol. The summed E-state index contributed by atoms with van der Waals surface area (Å²) in [7, 11) is 0. The van der Waals surface area contributed by atoms with E-state index in [0.717, 1.165) is 12.8 Å². The summed E-state index contributed by atoms with van der Waals surface area (Å²) in [6, 6.07) is 30.3. The van der Waals surface area contributed by atoms with E-state index in [1.807, 2.05) is 36.4 Å². The van der Waals surface area contributed by atoms with Crippen molar-refractivity contribution in [1.82, 2.24) is 0 Å². The molecule has 3 heteroatoms. The molecule has 7 rings (SSSR count). The minimum Gasteiger partial charge on any atom is -0.214 e. The van der Waals surface area contributed by atoms with E-state index < -0.39 is 0 Å². The van der Waals surface area contributed by atoms with Crippen LogP contribution in [0.15, 0.2) is 97.1 Å². The zero-order valence-corrected chi connectivity index (χ0v) is 29.5. The van der Waals surface area contributed by atoms with Crippen molar-refractivity contribution in [2.45, 2.75) is 65.2 Å². The van der Waals surface area contributed by atoms with Crippen molar-refractivity contribution in [3.8, 4) is 11.1 Å². The molecule has 0 heterocycles. The van der Waals surface area contributed by atoms with E-state index >= 15 is 0 Å². The molecule has 4 aromatic carbocycles. The minimum absolute atomic E-state index is 0. The molecule has 0 atom stereocenters. The summed E-state index contributed by atoms with van der Waals surface area (Å²) in [6.45, 7) is 13.9. The summed E-state index contributed by atoms with van der Waals surface area (Å²) < 4.78 is 2.17. The number of fused-ring (bicyclic) bond motifs is 5. The second kappa shape index (κ2) is 14.0. The molecule has 216 valence electrons. The van der Waals surface area contributed by atoms with Crippen molar-refractivity contribution in [3.05, 3.63) is 142 Å². The molecular weight excluding hydrogens is 631 g/mol. The molecule has 0 N–H and O–H groups in total. The average Bonchev–Trinajstić information content (AvgIpc) is 3.64. The van der Waals surface area contributed by atoms with E-state index in [2.05, 4.69) is 112 Å². The first-order valence-corrected chi connectivity index (χ1v) is 15.8. The fourth-order valence-corrected chi connectivity index (χ4v) is 6.52. The van der Waals surface area contributed by atoms with E-state index in [-0.39, 0.29) is 35.6 Å². The van der Waals surface area contributed by atoms with Gasteiger partial charge in [-0.1, -0.05) is 62.9 Å². The second-order valence-electron chi connectivity index (χ2n) is 12.5. The van der Waals surface area contributed by atoms with Gasteiger partial charge in [-0.25, -0.2) is 24.6 Å². The third kappa shape index (κ3) is 7.08. The maximum absolute atomic E-state index is 2.51. The molecule has 0 unspecified atom stereocenters. The molecule has 0 saturated heterocycles. The second-order valence-corrected chi connectivity index (χ2v) is 13.2. The molecule has 0 amide bonds. The molecule has 3 aliphatic carbocycles. The van der Waals surface area contributed by atoms with Gasteiger partial charge in [0, 0.05) is 0 Å². The third-order valence-electron chi connectivity index (χ3n) is 8.62. The summed E-state index contributed by atoms with van der Waals surface area (Å²) in [6.07, 6.45) is 9.28. The Morgan fingerprint density at radius 3 is 1.81 bits per heavy atom. The van der Waals surface area contributed by atoms with Crippen molar-refractivity contribution in [1.29, 1.82) is 0 Å². The quantitative estimate of drug-likeness (QED) is 0.237. The van der Waals surface area contributed by atoms with Crippen LogP contribution in [0.1, 0.15) is 86.9 Å². The molecule has 0 saturated carbocycles. The standard InChI is InChI=1S/C27H29.C7H6.C5H5.2ClH.Zr/c1-16-7-9-26(3,4)24-12-18-11-19-13-25-21(17(2)8-10-27(25,5)6)15-23(19)22(18)14-20(16)24;1-7-5-3-2-4-6-7;1-2-4-5-3-1;;;/h7-9,12-15H,10-11H2,1-6H3;1-6H;1-5H;2*1H;/q-1;;-1;;;+2/p-2. The number of halogens is 2. The van der Waals surface area contributed by atoms with Crippen LogP contribution in [0, 0.1) is 6.42 Å². The van der Waals surface area contributed by atoms with Gasteiger partial charge in [0.1, 0.15) is 0 Å². The Labute approximate surface area is 280 Å². The Balaban J connectivity index is 0.000000268. The largest absolute Gasteiger partial charge is 0.214 e. The molecule has 0 spiro atoms. The van der Waals surface area contributed by atoms with Gasteiger partial charge in [0.15, 0.2) is 0 Å². The Hall–Kier alpha value is -2.31. The SMILES string of the molecule is CC1=C[CH-]C(C)(C)c2cc3c(cc21)-c1cc2c(cc1C3)C(C)(C)CC=C2C.[Cl-].[Cl-].[Zr+2]=[CH]c1ccccc1.c1cc[cH-]c1. The van der Waals surface area contributed by atoms with Gasteiger partial charge in [0.25, 0.3) is 0 Å². The number of hydrogen-bond acceptors (Lipinski definition) is 0. The van der Waals surface area contributed by atoms with Crippen molar-refractivity contribution >= 4 is 14.9 Å². The van der Waals surface area contributed by atoms with Gasteiger partial charge in [0.05, 0.1) is 0 Å². The van der Waals surface area contributed by atoms with Crippen LogP contribution in [0.2, 0.25) is 0 Å². The van der Waals surface area contributed by atoms with Gasteiger partial charge in [-0.2, -0.15) is 23.8 Å². The van der Waals surface area contributed by atoms with E-state index in [0.29, 0.717) is 0 Å². The zero-order chi connectivity index (χ0) is 28.5. The Kier molecular flexibility index (Phi) is 11.4. The maximum Gasteiger partial charge on any atom is -0.172 e. The number of benzene rings is 3. The van der Waals surface area contributed by atoms with Gasteiger partial charge in [-0.15, -0.1) is 12.5 Å². The van der Waals surface area contributed by atoms with Crippen molar-refractivity contribution in [2.75, 3.05) is 0 Å². The molecule has 4 aromatic rings. The Morgan fingerprint density at radius 2 is 1.29 bits per heavy atom. The molecule has 0 nitrogen and oxygen atoms in total. The van der Waals surface area contributed by atoms with E-state index in [9.17, 15) is 0 Å². The maximum atomic E-state index is 2.51. The third-order valence-corrected chi connectivity index (χ3v) is 9.44. The monoisotopic (exact) mass is 668 g/mol. The first-order valence-electron chi connectivity index (χ1n) is 14.4. The molecule has 0 aliphatic heterocycles. The summed E-state index contributed by atoms with van der Waals surface area (Å²) in [5.41, 5.74) is 16.3. The normalized spacial score (nSPS) is 15.8. The molecule has 0 aromatic heterocycles. The van der Waals surface area contributed by atoms with Crippen LogP contribution in [0.5, 0.6) is 0 Å². The smallest absolute Gasteiger partial charge is 0.172 e. The van der Waals surface area contributed by atoms with E-state index in [4.69, 9.17) is 0 Å². The number of hydrogen-bond donors (Lipinski definition) is 0. The van der Waals surface area contributed by atoms with E-state index in [1.165, 1.54) is 85.5 Å². The van der Waals surface area contributed by atoms with Crippen molar-refractivity contribution in [3.63, 3.8) is 0 Å². The summed E-state index contributed by atoms with van der Waals surface area (Å²) in [5.74, 6) is 0. The van der Waals surface area contributed by atoms with Crippen LogP contribution < -0.4 is 24.8 Å². The predicted octanol–water partition coefficient (Wildman–Crippen LogP) is 4.04. The van der Waals surface area contributed by atoms with Crippen molar-refractivity contribution in [2.24, 2.45) is 0 Å². The summed E-state index contributed by atoms with van der Waals surface area (Å²) >= 11 is 1.46. The summed E-state index contributed by atoms with van der Waals surface area (Å²) in [4.78, 5) is 0. The molecule has 3 aliphatic rings. The van der Waals surface area contributed by atoms with Crippen molar-refractivity contribution < 1.29 is 49.0 Å². The summed E-state index contributed by atoms with van der Waals surface area (Å²) in [5, 5.41) is 0. The number of rotatable bonds is 1. The van der Waals surface area contributed by atoms with Crippen LogP contribution in [0.4, 0.5) is 0 Å². The topological polar surface area (TPSA) is 0 Å². The number of allylic oxidation sites excluding steroid dienone is 4. The zero-order valence-electron chi connectivity index (χ0n) is 25.6. The first kappa shape index (κ1) is 34.2. The fraction of sp³-hybridized carbons (Fsp3) is 0.256. The molecule has 0 bridgehead atoms. The fourth-order valence-electron chi connectivity index (χ4n) is 6.04. The van der Waals surface area contributed by atoms with Crippen LogP contribution in [0.25, 0.3) is 22.3 Å². The molecule has 0 fully saturated rings. The van der Waals surface area contributed by atoms with Gasteiger partial charge in [-0.05, 0) is 70.2 Å². The molecule has 42 heavy (non-hydrogen) atoms. The van der Waals surface area contributed by atoms with Gasteiger partial charge in [-0.3, -0.25) is 0 Å². The molecular formula is C39H40Cl2Zr-2. The van der Waals surface area contributed by atoms with Crippen LogP contribution >= 0.6 is 0 Å². The van der Waals surface area contributed by atoms with Gasteiger partial charge < -0.3 is 24.8 Å². The Morgan fingerprint density at radius 1 is 0.714 bits per heavy atom. The minimum atomic E-state index is 0. The predicted molar refractivity (Wildman–Crippen MR) is 171 cm³/mol. The van der Waals surface area contributed by atoms with Crippen LogP contribution in [0.3, 0.4) is 0 Å². The van der Waals surface area contributed by atoms with Crippen LogP contribution in [-0.4, -0.2) is 3.71 Å². The van der Waals surface area contributed by atoms with Gasteiger partial charge in [0.2, 0.25) is 0 Å². The first-order chi connectivity index (χ1) is 19.1. The van der Waals surface area contributed by atoms with E-state index in [1.54, 1.807) is 0 Å².